The average molecular weight is 283 g/mol. The highest BCUT2D eigenvalue weighted by Crippen LogP contribution is 2.31. The Hall–Kier alpha value is -2.08. The van der Waals surface area contributed by atoms with E-state index in [1.54, 1.807) is 12.3 Å². The van der Waals surface area contributed by atoms with Crippen LogP contribution in [0.1, 0.15) is 11.1 Å². The summed E-state index contributed by atoms with van der Waals surface area (Å²) in [5.41, 5.74) is 2.47. The van der Waals surface area contributed by atoms with Gasteiger partial charge in [-0.2, -0.15) is 0 Å². The Labute approximate surface area is 113 Å². The molecule has 3 nitrogen and oxygen atoms in total. The first-order valence-corrected chi connectivity index (χ1v) is 5.80. The zero-order chi connectivity index (χ0) is 14.8. The summed E-state index contributed by atoms with van der Waals surface area (Å²) >= 11 is 0. The lowest BCUT2D eigenvalue weighted by molar-refractivity contribution is -0.274. The lowest BCUT2D eigenvalue weighted by Gasteiger charge is -2.13. The molecule has 20 heavy (non-hydrogen) atoms. The summed E-state index contributed by atoms with van der Waals surface area (Å²) in [5.74, 6) is -0.328. The maximum absolute atomic E-state index is 12.2. The van der Waals surface area contributed by atoms with Crippen molar-refractivity contribution in [2.24, 2.45) is 0 Å². The molecule has 0 aliphatic rings. The number of halogens is 3. The van der Waals surface area contributed by atoms with E-state index in [1.807, 2.05) is 6.92 Å². The number of nitrogens with zero attached hydrogens (tertiary/aromatic N) is 1. The zero-order valence-electron chi connectivity index (χ0n) is 10.6. The summed E-state index contributed by atoms with van der Waals surface area (Å²) in [5, 5.41) is 9.29. The molecule has 0 saturated heterocycles. The van der Waals surface area contributed by atoms with Crippen LogP contribution >= 0.6 is 0 Å². The number of aliphatic hydroxyl groups excluding tert-OH is 1. The van der Waals surface area contributed by atoms with E-state index < -0.39 is 6.36 Å². The Bertz CT molecular complexity index is 612. The lowest BCUT2D eigenvalue weighted by Crippen LogP contribution is -2.17. The van der Waals surface area contributed by atoms with Gasteiger partial charge in [0.1, 0.15) is 5.75 Å². The van der Waals surface area contributed by atoms with Crippen molar-refractivity contribution in [1.82, 2.24) is 4.98 Å². The van der Waals surface area contributed by atoms with Crippen LogP contribution in [-0.4, -0.2) is 16.5 Å². The number of hydrogen-bond acceptors (Lipinski definition) is 3. The molecule has 1 N–H and O–H groups in total. The predicted molar refractivity (Wildman–Crippen MR) is 67.0 cm³/mol. The second-order valence-corrected chi connectivity index (χ2v) is 4.28. The molecule has 0 unspecified atom stereocenters. The fraction of sp³-hybridized carbons (Fsp3) is 0.214. The van der Waals surface area contributed by atoms with Crippen molar-refractivity contribution in [2.45, 2.75) is 19.9 Å². The van der Waals surface area contributed by atoms with Gasteiger partial charge in [-0.25, -0.2) is 0 Å². The number of aryl methyl sites for hydroxylation is 1. The molecule has 0 radical (unpaired) electrons. The lowest BCUT2D eigenvalue weighted by atomic mass is 10.0. The second kappa shape index (κ2) is 5.50. The van der Waals surface area contributed by atoms with Gasteiger partial charge in [0.05, 0.1) is 6.61 Å². The van der Waals surface area contributed by atoms with E-state index in [0.29, 0.717) is 16.7 Å². The first-order chi connectivity index (χ1) is 9.39. The van der Waals surface area contributed by atoms with Crippen molar-refractivity contribution >= 4 is 0 Å². The number of benzene rings is 1. The highest BCUT2D eigenvalue weighted by molar-refractivity contribution is 5.68. The Kier molecular flexibility index (Phi) is 3.94. The summed E-state index contributed by atoms with van der Waals surface area (Å²) in [6.07, 6.45) is -1.58. The number of aliphatic hydroxyl groups is 1. The Morgan fingerprint density at radius 3 is 2.55 bits per heavy atom. The molecule has 0 aliphatic heterocycles. The quantitative estimate of drug-likeness (QED) is 0.938. The van der Waals surface area contributed by atoms with Crippen LogP contribution in [0, 0.1) is 6.92 Å². The third kappa shape index (κ3) is 3.48. The topological polar surface area (TPSA) is 42.4 Å². The van der Waals surface area contributed by atoms with E-state index in [1.165, 1.54) is 24.4 Å². The van der Waals surface area contributed by atoms with Gasteiger partial charge in [0.2, 0.25) is 0 Å². The van der Waals surface area contributed by atoms with Crippen LogP contribution in [0.25, 0.3) is 11.1 Å². The highest BCUT2D eigenvalue weighted by atomic mass is 19.4. The van der Waals surface area contributed by atoms with Crippen molar-refractivity contribution < 1.29 is 23.0 Å². The maximum Gasteiger partial charge on any atom is 0.573 e. The van der Waals surface area contributed by atoms with Crippen LogP contribution in [0.15, 0.2) is 36.7 Å². The Balaban J connectivity index is 2.47. The molecule has 0 fully saturated rings. The van der Waals surface area contributed by atoms with Gasteiger partial charge in [0, 0.05) is 18.0 Å². The first-order valence-electron chi connectivity index (χ1n) is 5.80. The van der Waals surface area contributed by atoms with E-state index in [0.717, 1.165) is 5.56 Å². The van der Waals surface area contributed by atoms with Gasteiger partial charge >= 0.3 is 6.36 Å². The molecule has 0 atom stereocenters. The fourth-order valence-corrected chi connectivity index (χ4v) is 1.86. The zero-order valence-corrected chi connectivity index (χ0v) is 10.6. The Morgan fingerprint density at radius 2 is 1.95 bits per heavy atom. The highest BCUT2D eigenvalue weighted by Gasteiger charge is 2.31. The van der Waals surface area contributed by atoms with Crippen LogP contribution in [0.3, 0.4) is 0 Å². The van der Waals surface area contributed by atoms with E-state index in [-0.39, 0.29) is 12.4 Å². The largest absolute Gasteiger partial charge is 0.573 e. The number of ether oxygens (including phenoxy) is 1. The van der Waals surface area contributed by atoms with Gasteiger partial charge in [0.25, 0.3) is 0 Å². The van der Waals surface area contributed by atoms with Gasteiger partial charge < -0.3 is 9.84 Å². The van der Waals surface area contributed by atoms with E-state index in [2.05, 4.69) is 9.72 Å². The molecule has 0 aliphatic carbocycles. The van der Waals surface area contributed by atoms with Gasteiger partial charge in [-0.15, -0.1) is 13.2 Å². The number of alkyl halides is 3. The third-order valence-corrected chi connectivity index (χ3v) is 2.67. The fourth-order valence-electron chi connectivity index (χ4n) is 1.86. The van der Waals surface area contributed by atoms with Crippen molar-refractivity contribution in [3.63, 3.8) is 0 Å². The van der Waals surface area contributed by atoms with Crippen molar-refractivity contribution in [3.8, 4) is 16.9 Å². The van der Waals surface area contributed by atoms with Crippen LogP contribution < -0.4 is 4.74 Å². The number of rotatable bonds is 3. The molecular formula is C14H12F3NO2. The van der Waals surface area contributed by atoms with E-state index in [9.17, 15) is 18.3 Å². The van der Waals surface area contributed by atoms with Crippen LogP contribution in [0.4, 0.5) is 13.2 Å². The van der Waals surface area contributed by atoms with Crippen molar-refractivity contribution in [2.75, 3.05) is 0 Å². The molecule has 2 rings (SSSR count). The minimum absolute atomic E-state index is 0.282. The van der Waals surface area contributed by atoms with Gasteiger partial charge in [-0.1, -0.05) is 6.07 Å². The molecule has 1 heterocycles. The maximum atomic E-state index is 12.2. The van der Waals surface area contributed by atoms with E-state index >= 15 is 0 Å². The number of hydrogen-bond donors (Lipinski definition) is 1. The van der Waals surface area contributed by atoms with Crippen LogP contribution in [-0.2, 0) is 6.61 Å². The van der Waals surface area contributed by atoms with Gasteiger partial charge in [-0.05, 0) is 41.8 Å². The molecule has 1 aromatic carbocycles. The van der Waals surface area contributed by atoms with E-state index in [4.69, 9.17) is 0 Å². The SMILES string of the molecule is Cc1cncc(-c2cc(OC(F)(F)F)ccc2CO)c1. The molecule has 0 spiro atoms. The minimum Gasteiger partial charge on any atom is -0.406 e. The summed E-state index contributed by atoms with van der Waals surface area (Å²) in [7, 11) is 0. The summed E-state index contributed by atoms with van der Waals surface area (Å²) in [4.78, 5) is 4.00. The molecule has 0 amide bonds. The van der Waals surface area contributed by atoms with Crippen LogP contribution in [0.2, 0.25) is 0 Å². The smallest absolute Gasteiger partial charge is 0.406 e. The molecule has 0 saturated carbocycles. The average Bonchev–Trinajstić information content (AvgIpc) is 2.37. The molecular weight excluding hydrogens is 271 g/mol. The third-order valence-electron chi connectivity index (χ3n) is 2.67. The van der Waals surface area contributed by atoms with Gasteiger partial charge in [-0.3, -0.25) is 4.98 Å². The first kappa shape index (κ1) is 14.3. The van der Waals surface area contributed by atoms with Crippen LogP contribution in [0.5, 0.6) is 5.75 Å². The normalized spacial score (nSPS) is 11.4. The van der Waals surface area contributed by atoms with Crippen molar-refractivity contribution in [3.05, 3.63) is 47.8 Å². The predicted octanol–water partition coefficient (Wildman–Crippen LogP) is 3.45. The molecule has 0 bridgehead atoms. The molecule has 6 heteroatoms. The number of aromatic nitrogens is 1. The second-order valence-electron chi connectivity index (χ2n) is 4.28. The molecule has 1 aromatic heterocycles. The Morgan fingerprint density at radius 1 is 1.20 bits per heavy atom. The summed E-state index contributed by atoms with van der Waals surface area (Å²) < 4.78 is 40.6. The molecule has 2 aromatic rings. The molecule has 106 valence electrons. The standard InChI is InChI=1S/C14H12F3NO2/c1-9-4-11(7-18-6-9)13-5-12(20-14(15,16)17)3-2-10(13)8-19/h2-7,19H,8H2,1H3. The van der Waals surface area contributed by atoms with Crippen molar-refractivity contribution in [1.29, 1.82) is 0 Å². The summed E-state index contributed by atoms with van der Waals surface area (Å²) in [6.45, 7) is 1.54. The summed E-state index contributed by atoms with van der Waals surface area (Å²) in [6, 6.07) is 5.60. The monoisotopic (exact) mass is 283 g/mol. The number of pyridine rings is 1. The minimum atomic E-state index is -4.75. The van der Waals surface area contributed by atoms with Gasteiger partial charge in [0.15, 0.2) is 0 Å².